The summed E-state index contributed by atoms with van der Waals surface area (Å²) in [6.07, 6.45) is 0. The van der Waals surface area contributed by atoms with Crippen molar-refractivity contribution in [2.75, 3.05) is 0 Å². The predicted molar refractivity (Wildman–Crippen MR) is 86.7 cm³/mol. The molecular formula is C16H19BN2O4. The number of rotatable bonds is 3. The van der Waals surface area contributed by atoms with Gasteiger partial charge in [-0.25, -0.2) is 4.79 Å². The summed E-state index contributed by atoms with van der Waals surface area (Å²) >= 11 is 0. The van der Waals surface area contributed by atoms with Crippen LogP contribution in [0.25, 0.3) is 11.3 Å². The van der Waals surface area contributed by atoms with E-state index in [1.807, 2.05) is 52.0 Å². The Hall–Kier alpha value is -2.12. The SMILES string of the molecule is CC1(C)OB(c2ccc(-c3cc(C(=O)O)[nH]n3)cc2)OC1(C)C. The third-order valence-corrected chi connectivity index (χ3v) is 4.54. The highest BCUT2D eigenvalue weighted by Gasteiger charge is 2.51. The lowest BCUT2D eigenvalue weighted by Crippen LogP contribution is -2.41. The molecule has 23 heavy (non-hydrogen) atoms. The van der Waals surface area contributed by atoms with E-state index in [0.717, 1.165) is 11.0 Å². The third-order valence-electron chi connectivity index (χ3n) is 4.54. The third kappa shape index (κ3) is 2.77. The van der Waals surface area contributed by atoms with Gasteiger partial charge in [-0.1, -0.05) is 24.3 Å². The number of H-pyrrole nitrogens is 1. The lowest BCUT2D eigenvalue weighted by molar-refractivity contribution is 0.00578. The van der Waals surface area contributed by atoms with Gasteiger partial charge in [0.25, 0.3) is 0 Å². The molecule has 6 nitrogen and oxygen atoms in total. The molecule has 0 unspecified atom stereocenters. The summed E-state index contributed by atoms with van der Waals surface area (Å²) in [5, 5.41) is 15.4. The quantitative estimate of drug-likeness (QED) is 0.847. The van der Waals surface area contributed by atoms with Gasteiger partial charge in [0, 0.05) is 5.56 Å². The van der Waals surface area contributed by atoms with E-state index in [1.54, 1.807) is 0 Å². The first-order valence-electron chi connectivity index (χ1n) is 7.44. The molecule has 1 aliphatic rings. The molecule has 2 aromatic rings. The van der Waals surface area contributed by atoms with Gasteiger partial charge < -0.3 is 14.4 Å². The maximum atomic E-state index is 10.9. The summed E-state index contributed by atoms with van der Waals surface area (Å²) in [7, 11) is -0.414. The topological polar surface area (TPSA) is 84.4 Å². The highest BCUT2D eigenvalue weighted by Crippen LogP contribution is 2.36. The lowest BCUT2D eigenvalue weighted by Gasteiger charge is -2.32. The number of hydrogen-bond acceptors (Lipinski definition) is 4. The zero-order chi connectivity index (χ0) is 16.8. The Balaban J connectivity index is 1.81. The van der Waals surface area contributed by atoms with Crippen molar-refractivity contribution in [3.05, 3.63) is 36.0 Å². The number of aromatic amines is 1. The molecule has 0 atom stereocenters. The van der Waals surface area contributed by atoms with E-state index in [0.29, 0.717) is 5.69 Å². The molecule has 3 rings (SSSR count). The van der Waals surface area contributed by atoms with Crippen molar-refractivity contribution >= 4 is 18.6 Å². The monoisotopic (exact) mass is 314 g/mol. The minimum atomic E-state index is -1.03. The van der Waals surface area contributed by atoms with Gasteiger partial charge in [-0.15, -0.1) is 0 Å². The molecular weight excluding hydrogens is 295 g/mol. The van der Waals surface area contributed by atoms with Crippen LogP contribution in [0.1, 0.15) is 38.2 Å². The molecule has 120 valence electrons. The molecule has 0 amide bonds. The second-order valence-electron chi connectivity index (χ2n) is 6.68. The van der Waals surface area contributed by atoms with Gasteiger partial charge in [-0.2, -0.15) is 5.10 Å². The van der Waals surface area contributed by atoms with Crippen LogP contribution >= 0.6 is 0 Å². The summed E-state index contributed by atoms with van der Waals surface area (Å²) in [6.45, 7) is 8.05. The first-order valence-corrected chi connectivity index (χ1v) is 7.44. The van der Waals surface area contributed by atoms with Crippen LogP contribution in [0.4, 0.5) is 0 Å². The molecule has 0 radical (unpaired) electrons. The molecule has 0 bridgehead atoms. The Kier molecular flexibility index (Phi) is 3.57. The molecule has 1 aromatic carbocycles. The van der Waals surface area contributed by atoms with Crippen molar-refractivity contribution in [3.63, 3.8) is 0 Å². The second-order valence-corrected chi connectivity index (χ2v) is 6.68. The molecule has 0 saturated carbocycles. The second kappa shape index (κ2) is 5.21. The van der Waals surface area contributed by atoms with Gasteiger partial charge >= 0.3 is 13.1 Å². The number of carboxylic acid groups (broad SMARTS) is 1. The summed E-state index contributed by atoms with van der Waals surface area (Å²) < 4.78 is 12.0. The zero-order valence-electron chi connectivity index (χ0n) is 13.6. The highest BCUT2D eigenvalue weighted by molar-refractivity contribution is 6.62. The fourth-order valence-electron chi connectivity index (χ4n) is 2.37. The molecule has 7 heteroatoms. The fourth-order valence-corrected chi connectivity index (χ4v) is 2.37. The van der Waals surface area contributed by atoms with Crippen LogP contribution in [0.2, 0.25) is 0 Å². The van der Waals surface area contributed by atoms with Gasteiger partial charge in [0.05, 0.1) is 16.9 Å². The molecule has 2 N–H and O–H groups in total. The molecule has 0 spiro atoms. The van der Waals surface area contributed by atoms with E-state index in [9.17, 15) is 4.79 Å². The fraction of sp³-hybridized carbons (Fsp3) is 0.375. The predicted octanol–water partition coefficient (Wildman–Crippen LogP) is 2.07. The minimum Gasteiger partial charge on any atom is -0.477 e. The zero-order valence-corrected chi connectivity index (χ0v) is 13.6. The van der Waals surface area contributed by atoms with Crippen LogP contribution in [0.5, 0.6) is 0 Å². The number of benzene rings is 1. The molecule has 0 aliphatic carbocycles. The van der Waals surface area contributed by atoms with Crippen LogP contribution in [-0.2, 0) is 9.31 Å². The maximum absolute atomic E-state index is 10.9. The minimum absolute atomic E-state index is 0.0648. The number of aromatic carboxylic acids is 1. The first kappa shape index (κ1) is 15.8. The van der Waals surface area contributed by atoms with Crippen LogP contribution in [0.15, 0.2) is 30.3 Å². The lowest BCUT2D eigenvalue weighted by atomic mass is 9.79. The van der Waals surface area contributed by atoms with E-state index in [-0.39, 0.29) is 16.9 Å². The Labute approximate surface area is 135 Å². The van der Waals surface area contributed by atoms with E-state index in [4.69, 9.17) is 14.4 Å². The van der Waals surface area contributed by atoms with Crippen LogP contribution in [0, 0.1) is 0 Å². The van der Waals surface area contributed by atoms with Crippen molar-refractivity contribution in [1.82, 2.24) is 10.2 Å². The van der Waals surface area contributed by atoms with Crippen LogP contribution in [0.3, 0.4) is 0 Å². The molecule has 2 heterocycles. The summed E-state index contributed by atoms with van der Waals surface area (Å²) in [5.41, 5.74) is 1.64. The van der Waals surface area contributed by atoms with Gasteiger partial charge in [0.1, 0.15) is 5.69 Å². The highest BCUT2D eigenvalue weighted by atomic mass is 16.7. The Morgan fingerprint density at radius 3 is 2.17 bits per heavy atom. The Morgan fingerprint density at radius 2 is 1.70 bits per heavy atom. The number of nitrogens with zero attached hydrogens (tertiary/aromatic N) is 1. The average Bonchev–Trinajstić information content (AvgIpc) is 3.03. The van der Waals surface area contributed by atoms with E-state index in [1.165, 1.54) is 6.07 Å². The van der Waals surface area contributed by atoms with Crippen LogP contribution < -0.4 is 5.46 Å². The molecule has 1 aliphatic heterocycles. The number of hydrogen-bond donors (Lipinski definition) is 2. The maximum Gasteiger partial charge on any atom is 0.494 e. The van der Waals surface area contributed by atoms with Gasteiger partial charge in [0.15, 0.2) is 0 Å². The smallest absolute Gasteiger partial charge is 0.477 e. The number of carbonyl (C=O) groups is 1. The normalized spacial score (nSPS) is 19.0. The molecule has 1 fully saturated rings. The summed E-state index contributed by atoms with van der Waals surface area (Å²) in [5.74, 6) is -1.03. The van der Waals surface area contributed by atoms with Crippen molar-refractivity contribution in [2.24, 2.45) is 0 Å². The van der Waals surface area contributed by atoms with Gasteiger partial charge in [-0.3, -0.25) is 5.10 Å². The van der Waals surface area contributed by atoms with Gasteiger partial charge in [-0.05, 0) is 39.2 Å². The van der Waals surface area contributed by atoms with Crippen molar-refractivity contribution in [2.45, 2.75) is 38.9 Å². The van der Waals surface area contributed by atoms with Gasteiger partial charge in [0.2, 0.25) is 0 Å². The largest absolute Gasteiger partial charge is 0.494 e. The van der Waals surface area contributed by atoms with E-state index >= 15 is 0 Å². The van der Waals surface area contributed by atoms with Crippen molar-refractivity contribution < 1.29 is 19.2 Å². The molecule has 1 aromatic heterocycles. The van der Waals surface area contributed by atoms with Crippen molar-refractivity contribution in [3.8, 4) is 11.3 Å². The Morgan fingerprint density at radius 1 is 1.13 bits per heavy atom. The first-order chi connectivity index (χ1) is 10.7. The number of carboxylic acids is 1. The number of aromatic nitrogens is 2. The van der Waals surface area contributed by atoms with E-state index in [2.05, 4.69) is 10.2 Å². The summed E-state index contributed by atoms with van der Waals surface area (Å²) in [4.78, 5) is 10.9. The Bertz CT molecular complexity index is 721. The average molecular weight is 314 g/mol. The van der Waals surface area contributed by atoms with Crippen LogP contribution in [-0.4, -0.2) is 39.6 Å². The standard InChI is InChI=1S/C16H19BN2O4/c1-15(2)16(3,4)23-17(22-15)11-7-5-10(6-8-11)12-9-13(14(20)21)19-18-12/h5-9H,1-4H3,(H,18,19)(H,20,21). The van der Waals surface area contributed by atoms with Crippen molar-refractivity contribution in [1.29, 1.82) is 0 Å². The van der Waals surface area contributed by atoms with E-state index < -0.39 is 13.1 Å². The molecule has 1 saturated heterocycles. The number of nitrogens with one attached hydrogen (secondary N) is 1. The summed E-state index contributed by atoms with van der Waals surface area (Å²) in [6, 6.07) is 9.08.